The molecule has 10 heteroatoms. The summed E-state index contributed by atoms with van der Waals surface area (Å²) in [4.78, 5) is 8.47. The van der Waals surface area contributed by atoms with Gasteiger partial charge in [0.2, 0.25) is 6.30 Å². The summed E-state index contributed by atoms with van der Waals surface area (Å²) in [6, 6.07) is 4.71. The fourth-order valence-corrected chi connectivity index (χ4v) is 1.71. The zero-order valence-corrected chi connectivity index (χ0v) is 12.2. The second-order valence-corrected chi connectivity index (χ2v) is 4.35. The Morgan fingerprint density at radius 2 is 2.21 bits per heavy atom. The third-order valence-electron chi connectivity index (χ3n) is 2.61. The fraction of sp³-hybridized carbons (Fsp3) is 0.214. The highest BCUT2D eigenvalue weighted by molar-refractivity contribution is 6.02. The van der Waals surface area contributed by atoms with Crippen molar-refractivity contribution in [3.05, 3.63) is 55.1 Å². The van der Waals surface area contributed by atoms with Gasteiger partial charge in [0.05, 0.1) is 0 Å². The van der Waals surface area contributed by atoms with Crippen LogP contribution in [0, 0.1) is 0 Å². The highest BCUT2D eigenvalue weighted by Crippen LogP contribution is 2.25. The van der Waals surface area contributed by atoms with Crippen molar-refractivity contribution in [2.75, 3.05) is 6.61 Å². The van der Waals surface area contributed by atoms with Gasteiger partial charge in [-0.05, 0) is 12.1 Å². The van der Waals surface area contributed by atoms with E-state index in [1.54, 1.807) is 0 Å². The molecule has 1 aromatic carbocycles. The molecule has 0 saturated heterocycles. The van der Waals surface area contributed by atoms with Crippen LogP contribution >= 0.6 is 0 Å². The maximum Gasteiger partial charge on any atom is 0.573 e. The minimum absolute atomic E-state index is 0.00762. The van der Waals surface area contributed by atoms with Crippen LogP contribution < -0.4 is 4.74 Å². The molecule has 0 aliphatic rings. The van der Waals surface area contributed by atoms with Gasteiger partial charge >= 0.3 is 6.36 Å². The monoisotopic (exact) mass is 344 g/mol. The van der Waals surface area contributed by atoms with Gasteiger partial charge in [-0.1, -0.05) is 29.9 Å². The van der Waals surface area contributed by atoms with Gasteiger partial charge in [-0.25, -0.2) is 14.1 Å². The molecule has 6 nitrogen and oxygen atoms in total. The van der Waals surface area contributed by atoms with E-state index in [9.17, 15) is 17.6 Å². The molecular formula is C14H12F4N4O2. The Bertz CT molecular complexity index is 701. The average molecular weight is 344 g/mol. The second kappa shape index (κ2) is 7.57. The standard InChI is InChI=1S/C14H12F4N4O2/c1-2-6-23-21-12(13(15)22-9-19-8-20-22)10-4-3-5-11(7-10)24-14(16,17)18/h2-5,7-9,13H,1,6H2. The molecule has 0 amide bonds. The van der Waals surface area contributed by atoms with E-state index in [0.29, 0.717) is 0 Å². The molecule has 0 N–H and O–H groups in total. The van der Waals surface area contributed by atoms with Crippen molar-refractivity contribution in [2.45, 2.75) is 12.7 Å². The Kier molecular flexibility index (Phi) is 5.51. The molecule has 0 bridgehead atoms. The SMILES string of the molecule is C=CCON=C(c1cccc(OC(F)(F)F)c1)C(F)n1cncn1. The van der Waals surface area contributed by atoms with Crippen molar-refractivity contribution < 1.29 is 27.1 Å². The van der Waals surface area contributed by atoms with Crippen molar-refractivity contribution in [1.29, 1.82) is 0 Å². The van der Waals surface area contributed by atoms with Gasteiger partial charge in [-0.3, -0.25) is 0 Å². The number of rotatable bonds is 7. The summed E-state index contributed by atoms with van der Waals surface area (Å²) in [5, 5.41) is 7.26. The number of benzene rings is 1. The van der Waals surface area contributed by atoms with Crippen LogP contribution in [0.5, 0.6) is 5.75 Å². The van der Waals surface area contributed by atoms with Crippen LogP contribution in [-0.4, -0.2) is 33.4 Å². The van der Waals surface area contributed by atoms with Gasteiger partial charge in [0.1, 0.15) is 30.7 Å². The first-order valence-electron chi connectivity index (χ1n) is 6.56. The number of alkyl halides is 4. The molecule has 0 fully saturated rings. The summed E-state index contributed by atoms with van der Waals surface area (Å²) >= 11 is 0. The van der Waals surface area contributed by atoms with E-state index in [1.165, 1.54) is 18.2 Å². The van der Waals surface area contributed by atoms with Crippen molar-refractivity contribution in [3.63, 3.8) is 0 Å². The summed E-state index contributed by atoms with van der Waals surface area (Å²) in [6.45, 7) is 3.41. The summed E-state index contributed by atoms with van der Waals surface area (Å²) in [5.41, 5.74) is -0.265. The van der Waals surface area contributed by atoms with E-state index in [-0.39, 0.29) is 17.9 Å². The Morgan fingerprint density at radius 1 is 1.42 bits per heavy atom. The summed E-state index contributed by atoms with van der Waals surface area (Å²) in [7, 11) is 0. The van der Waals surface area contributed by atoms with E-state index in [4.69, 9.17) is 4.84 Å². The number of nitrogens with zero attached hydrogens (tertiary/aromatic N) is 4. The quantitative estimate of drug-likeness (QED) is 0.254. The maximum atomic E-state index is 14.6. The van der Waals surface area contributed by atoms with Gasteiger partial charge < -0.3 is 9.57 Å². The molecule has 0 radical (unpaired) electrons. The Hall–Kier alpha value is -2.91. The number of halogens is 4. The Balaban J connectivity index is 2.34. The van der Waals surface area contributed by atoms with Crippen molar-refractivity contribution in [3.8, 4) is 5.75 Å². The van der Waals surface area contributed by atoms with E-state index in [2.05, 4.69) is 26.6 Å². The minimum atomic E-state index is -4.86. The summed E-state index contributed by atoms with van der Waals surface area (Å²) in [5.74, 6) is -0.512. The molecule has 2 rings (SSSR count). The number of hydrogen-bond donors (Lipinski definition) is 0. The third-order valence-corrected chi connectivity index (χ3v) is 2.61. The molecule has 2 aromatic rings. The van der Waals surface area contributed by atoms with Crippen LogP contribution in [0.3, 0.4) is 0 Å². The zero-order chi connectivity index (χ0) is 17.6. The lowest BCUT2D eigenvalue weighted by Gasteiger charge is -2.13. The van der Waals surface area contributed by atoms with Gasteiger partial charge in [-0.15, -0.1) is 13.2 Å². The number of oxime groups is 1. The van der Waals surface area contributed by atoms with Crippen molar-refractivity contribution in [2.24, 2.45) is 5.16 Å². The number of ether oxygens (including phenoxy) is 1. The summed E-state index contributed by atoms with van der Waals surface area (Å²) in [6.07, 6.45) is -3.19. The lowest BCUT2D eigenvalue weighted by atomic mass is 10.1. The second-order valence-electron chi connectivity index (χ2n) is 4.35. The predicted molar refractivity (Wildman–Crippen MR) is 76.0 cm³/mol. The molecule has 1 atom stereocenters. The number of aromatic nitrogens is 3. The molecule has 0 aliphatic heterocycles. The topological polar surface area (TPSA) is 61.5 Å². The van der Waals surface area contributed by atoms with Crippen molar-refractivity contribution >= 4 is 5.71 Å². The first-order chi connectivity index (χ1) is 11.4. The Labute approximate surface area is 134 Å². The Morgan fingerprint density at radius 3 is 2.83 bits per heavy atom. The van der Waals surface area contributed by atoms with Crippen LogP contribution in [0.1, 0.15) is 11.9 Å². The average Bonchev–Trinajstić information content (AvgIpc) is 3.04. The van der Waals surface area contributed by atoms with Gasteiger partial charge in [0.25, 0.3) is 0 Å². The van der Waals surface area contributed by atoms with Gasteiger partial charge in [0, 0.05) is 5.56 Å². The fourth-order valence-electron chi connectivity index (χ4n) is 1.71. The van der Waals surface area contributed by atoms with Gasteiger partial charge in [0.15, 0.2) is 0 Å². The molecule has 1 unspecified atom stereocenters. The molecule has 0 saturated carbocycles. The van der Waals surface area contributed by atoms with E-state index >= 15 is 0 Å². The zero-order valence-electron chi connectivity index (χ0n) is 12.2. The van der Waals surface area contributed by atoms with Crippen LogP contribution in [-0.2, 0) is 4.84 Å². The largest absolute Gasteiger partial charge is 0.573 e. The molecule has 24 heavy (non-hydrogen) atoms. The smallest absolute Gasteiger partial charge is 0.406 e. The number of hydrogen-bond acceptors (Lipinski definition) is 5. The molecular weight excluding hydrogens is 332 g/mol. The van der Waals surface area contributed by atoms with E-state index < -0.39 is 18.4 Å². The van der Waals surface area contributed by atoms with Crippen molar-refractivity contribution in [1.82, 2.24) is 14.8 Å². The normalized spacial score (nSPS) is 13.4. The third kappa shape index (κ3) is 4.80. The van der Waals surface area contributed by atoms with Crippen LogP contribution in [0.15, 0.2) is 54.7 Å². The first-order valence-corrected chi connectivity index (χ1v) is 6.56. The van der Waals surface area contributed by atoms with Crippen LogP contribution in [0.25, 0.3) is 0 Å². The molecule has 0 spiro atoms. The molecule has 1 heterocycles. The molecule has 128 valence electrons. The summed E-state index contributed by atoms with van der Waals surface area (Å²) < 4.78 is 56.2. The highest BCUT2D eigenvalue weighted by Gasteiger charge is 2.31. The lowest BCUT2D eigenvalue weighted by Crippen LogP contribution is -2.19. The van der Waals surface area contributed by atoms with E-state index in [1.807, 2.05) is 0 Å². The van der Waals surface area contributed by atoms with E-state index in [0.717, 1.165) is 29.5 Å². The van der Waals surface area contributed by atoms with Crippen LogP contribution in [0.4, 0.5) is 17.6 Å². The molecule has 0 aliphatic carbocycles. The van der Waals surface area contributed by atoms with Crippen LogP contribution in [0.2, 0.25) is 0 Å². The maximum absolute atomic E-state index is 14.6. The first kappa shape index (κ1) is 17.4. The van der Waals surface area contributed by atoms with Gasteiger partial charge in [-0.2, -0.15) is 5.10 Å². The highest BCUT2D eigenvalue weighted by atomic mass is 19.4. The minimum Gasteiger partial charge on any atom is -0.406 e. The predicted octanol–water partition coefficient (Wildman–Crippen LogP) is 3.25. The molecule has 1 aromatic heterocycles. The lowest BCUT2D eigenvalue weighted by molar-refractivity contribution is -0.274.